The molecule has 38 heavy (non-hydrogen) atoms. The summed E-state index contributed by atoms with van der Waals surface area (Å²) in [5.41, 5.74) is 4.52. The summed E-state index contributed by atoms with van der Waals surface area (Å²) in [5, 5.41) is 7.71. The lowest BCUT2D eigenvalue weighted by Gasteiger charge is -2.16. The number of imidazole rings is 1. The van der Waals surface area contributed by atoms with E-state index in [9.17, 15) is 9.59 Å². The predicted octanol–water partition coefficient (Wildman–Crippen LogP) is 3.97. The Labute approximate surface area is 225 Å². The highest BCUT2D eigenvalue weighted by Crippen LogP contribution is 2.36. The van der Waals surface area contributed by atoms with Crippen LogP contribution in [0.2, 0.25) is 5.02 Å². The number of thiazole rings is 1. The van der Waals surface area contributed by atoms with Gasteiger partial charge in [0.2, 0.25) is 0 Å². The quantitative estimate of drug-likeness (QED) is 0.353. The normalized spacial score (nSPS) is 12.7. The summed E-state index contributed by atoms with van der Waals surface area (Å²) in [6.45, 7) is 2.57. The van der Waals surface area contributed by atoms with Crippen molar-refractivity contribution in [2.45, 2.75) is 20.0 Å². The first-order valence-corrected chi connectivity index (χ1v) is 12.7. The Kier molecular flexibility index (Phi) is 5.84. The molecule has 1 aliphatic heterocycles. The molecule has 5 aromatic rings. The molecule has 5 aromatic heterocycles. The van der Waals surface area contributed by atoms with E-state index in [0.717, 1.165) is 27.3 Å². The first-order valence-electron chi connectivity index (χ1n) is 11.6. The lowest BCUT2D eigenvalue weighted by molar-refractivity contribution is 0.0739. The fraction of sp³-hybridized carbons (Fsp3) is 0.200. The van der Waals surface area contributed by atoms with E-state index in [0.29, 0.717) is 45.8 Å². The van der Waals surface area contributed by atoms with E-state index in [4.69, 9.17) is 16.3 Å². The summed E-state index contributed by atoms with van der Waals surface area (Å²) in [5.74, 6) is 0.0388. The molecule has 0 saturated carbocycles. The molecular weight excluding hydrogens is 528 g/mol. The Hall–Kier alpha value is -4.29. The van der Waals surface area contributed by atoms with Crippen LogP contribution in [0.4, 0.5) is 5.13 Å². The number of pyridine rings is 2. The highest BCUT2D eigenvalue weighted by Gasteiger charge is 2.31. The van der Waals surface area contributed by atoms with Crippen LogP contribution in [0.15, 0.2) is 43.2 Å². The first-order chi connectivity index (χ1) is 18.3. The maximum atomic E-state index is 13.4. The lowest BCUT2D eigenvalue weighted by Crippen LogP contribution is -2.27. The molecule has 1 aliphatic rings. The first kappa shape index (κ1) is 24.1. The van der Waals surface area contributed by atoms with Crippen molar-refractivity contribution in [3.63, 3.8) is 0 Å². The van der Waals surface area contributed by atoms with Gasteiger partial charge < -0.3 is 14.0 Å². The number of halogens is 1. The van der Waals surface area contributed by atoms with Crippen molar-refractivity contribution in [2.24, 2.45) is 7.05 Å². The van der Waals surface area contributed by atoms with E-state index in [1.807, 2.05) is 29.7 Å². The number of aromatic nitrogens is 6. The van der Waals surface area contributed by atoms with Gasteiger partial charge in [0.15, 0.2) is 5.13 Å². The molecule has 13 heteroatoms. The number of anilines is 1. The number of rotatable bonds is 5. The van der Waals surface area contributed by atoms with Gasteiger partial charge in [0.1, 0.15) is 11.4 Å². The third kappa shape index (κ3) is 4.07. The number of amides is 2. The molecule has 0 aromatic carbocycles. The SMILES string of the molecule is COc1cn2cncc2cc1-c1cc(C)ncc1C(=O)Nc1nc2c(s1)CN(C(=O)c1c(Cl)cnn1C)C2. The summed E-state index contributed by atoms with van der Waals surface area (Å²) in [4.78, 5) is 42.1. The second-order valence-electron chi connectivity index (χ2n) is 8.82. The van der Waals surface area contributed by atoms with Crippen LogP contribution in [0.5, 0.6) is 5.75 Å². The number of fused-ring (bicyclic) bond motifs is 2. The Morgan fingerprint density at radius 3 is 2.74 bits per heavy atom. The number of nitrogens with one attached hydrogen (secondary N) is 1. The monoisotopic (exact) mass is 548 g/mol. The Balaban J connectivity index is 1.25. The number of hydrogen-bond acceptors (Lipinski definition) is 8. The third-order valence-electron chi connectivity index (χ3n) is 6.36. The molecule has 11 nitrogen and oxygen atoms in total. The molecule has 6 rings (SSSR count). The van der Waals surface area contributed by atoms with Gasteiger partial charge in [-0.1, -0.05) is 22.9 Å². The van der Waals surface area contributed by atoms with Gasteiger partial charge in [-0.2, -0.15) is 5.10 Å². The molecule has 0 bridgehead atoms. The van der Waals surface area contributed by atoms with E-state index >= 15 is 0 Å². The highest BCUT2D eigenvalue weighted by atomic mass is 35.5. The summed E-state index contributed by atoms with van der Waals surface area (Å²) in [6, 6.07) is 3.78. The standard InChI is InChI=1S/C25H21ClN8O3S/c1-13-4-15(16-5-14-6-27-12-34(14)10-20(16)37-3)17(7-28-13)23(35)31-25-30-19-9-33(11-21(19)38-25)24(36)22-18(26)8-29-32(22)2/h4-8,10,12H,9,11H2,1-3H3,(H,30,31,35). The fourth-order valence-electron chi connectivity index (χ4n) is 4.49. The van der Waals surface area contributed by atoms with Crippen LogP contribution < -0.4 is 10.1 Å². The molecule has 0 unspecified atom stereocenters. The number of hydrogen-bond donors (Lipinski definition) is 1. The minimum Gasteiger partial charge on any atom is -0.495 e. The number of carbonyl (C=O) groups is 2. The van der Waals surface area contributed by atoms with Crippen LogP contribution >= 0.6 is 22.9 Å². The number of nitrogens with zero attached hydrogens (tertiary/aromatic N) is 7. The molecule has 1 N–H and O–H groups in total. The smallest absolute Gasteiger partial charge is 0.274 e. The van der Waals surface area contributed by atoms with Crippen LogP contribution in [0.25, 0.3) is 16.6 Å². The van der Waals surface area contributed by atoms with Gasteiger partial charge in [0.25, 0.3) is 11.8 Å². The molecule has 192 valence electrons. The van der Waals surface area contributed by atoms with Gasteiger partial charge >= 0.3 is 0 Å². The van der Waals surface area contributed by atoms with E-state index in [1.165, 1.54) is 22.2 Å². The zero-order valence-corrected chi connectivity index (χ0v) is 22.2. The topological polar surface area (TPSA) is 120 Å². The second kappa shape index (κ2) is 9.23. The minimum absolute atomic E-state index is 0.217. The molecule has 0 radical (unpaired) electrons. The van der Waals surface area contributed by atoms with E-state index in [1.54, 1.807) is 37.8 Å². The molecule has 6 heterocycles. The average molecular weight is 549 g/mol. The average Bonchev–Trinajstić information content (AvgIpc) is 3.66. The van der Waals surface area contributed by atoms with Gasteiger partial charge in [-0.15, -0.1) is 0 Å². The van der Waals surface area contributed by atoms with E-state index in [2.05, 4.69) is 25.4 Å². The van der Waals surface area contributed by atoms with Crippen molar-refractivity contribution >= 4 is 45.4 Å². The van der Waals surface area contributed by atoms with Gasteiger partial charge in [-0.3, -0.25) is 24.6 Å². The molecule has 0 saturated heterocycles. The number of methoxy groups -OCH3 is 1. The summed E-state index contributed by atoms with van der Waals surface area (Å²) in [7, 11) is 3.26. The zero-order valence-electron chi connectivity index (χ0n) is 20.6. The molecule has 0 atom stereocenters. The number of aryl methyl sites for hydroxylation is 2. The van der Waals surface area contributed by atoms with Crippen molar-refractivity contribution in [1.29, 1.82) is 0 Å². The fourth-order valence-corrected chi connectivity index (χ4v) is 5.72. The molecule has 2 amide bonds. The minimum atomic E-state index is -0.343. The van der Waals surface area contributed by atoms with E-state index < -0.39 is 0 Å². The molecule has 0 fully saturated rings. The Bertz CT molecular complexity index is 1700. The van der Waals surface area contributed by atoms with Gasteiger partial charge in [-0.05, 0) is 19.1 Å². The Morgan fingerprint density at radius 1 is 1.16 bits per heavy atom. The summed E-state index contributed by atoms with van der Waals surface area (Å²) >= 11 is 7.48. The van der Waals surface area contributed by atoms with Gasteiger partial charge in [0.05, 0.1) is 71.8 Å². The van der Waals surface area contributed by atoms with Crippen molar-refractivity contribution < 1.29 is 14.3 Å². The largest absolute Gasteiger partial charge is 0.495 e. The summed E-state index contributed by atoms with van der Waals surface area (Å²) in [6.07, 6.45) is 8.26. The van der Waals surface area contributed by atoms with Crippen molar-refractivity contribution in [1.82, 2.24) is 34.0 Å². The highest BCUT2D eigenvalue weighted by molar-refractivity contribution is 7.16. The van der Waals surface area contributed by atoms with Gasteiger partial charge in [0, 0.05) is 30.1 Å². The lowest BCUT2D eigenvalue weighted by atomic mass is 10.00. The van der Waals surface area contributed by atoms with E-state index in [-0.39, 0.29) is 11.8 Å². The predicted molar refractivity (Wildman–Crippen MR) is 142 cm³/mol. The maximum absolute atomic E-state index is 13.4. The third-order valence-corrected chi connectivity index (χ3v) is 7.64. The molecule has 0 spiro atoms. The van der Waals surface area contributed by atoms with Crippen LogP contribution in [0.1, 0.15) is 37.1 Å². The Morgan fingerprint density at radius 2 is 2.00 bits per heavy atom. The van der Waals surface area contributed by atoms with Crippen LogP contribution in [-0.2, 0) is 20.1 Å². The van der Waals surface area contributed by atoms with Crippen molar-refractivity contribution in [3.8, 4) is 16.9 Å². The second-order valence-corrected chi connectivity index (χ2v) is 10.3. The van der Waals surface area contributed by atoms with Crippen LogP contribution in [0, 0.1) is 6.92 Å². The summed E-state index contributed by atoms with van der Waals surface area (Å²) < 4.78 is 8.94. The molecule has 0 aliphatic carbocycles. The van der Waals surface area contributed by atoms with Crippen molar-refractivity contribution in [3.05, 3.63) is 75.8 Å². The van der Waals surface area contributed by atoms with Crippen LogP contribution in [-0.4, -0.2) is 53.0 Å². The van der Waals surface area contributed by atoms with Crippen molar-refractivity contribution in [2.75, 3.05) is 12.4 Å². The van der Waals surface area contributed by atoms with Crippen LogP contribution in [0.3, 0.4) is 0 Å². The van der Waals surface area contributed by atoms with Gasteiger partial charge in [-0.25, -0.2) is 9.97 Å². The number of carbonyl (C=O) groups excluding carboxylic acids is 2. The molecular formula is C25H21ClN8O3S. The maximum Gasteiger partial charge on any atom is 0.274 e. The zero-order chi connectivity index (χ0) is 26.6. The number of ether oxygens (including phenoxy) is 1.